The summed E-state index contributed by atoms with van der Waals surface area (Å²) in [6.07, 6.45) is 5.11. The van der Waals surface area contributed by atoms with E-state index < -0.39 is 5.60 Å². The van der Waals surface area contributed by atoms with E-state index in [0.717, 1.165) is 29.3 Å². The highest BCUT2D eigenvalue weighted by atomic mass is 35.5. The lowest BCUT2D eigenvalue weighted by Gasteiger charge is -2.27. The van der Waals surface area contributed by atoms with Gasteiger partial charge in [0, 0.05) is 27.9 Å². The van der Waals surface area contributed by atoms with Crippen molar-refractivity contribution in [3.05, 3.63) is 28.9 Å². The third-order valence-corrected chi connectivity index (χ3v) is 5.97. The van der Waals surface area contributed by atoms with E-state index in [1.165, 1.54) is 0 Å². The van der Waals surface area contributed by atoms with Gasteiger partial charge in [-0.25, -0.2) is 0 Å². The first-order valence-electron chi connectivity index (χ1n) is 8.21. The summed E-state index contributed by atoms with van der Waals surface area (Å²) in [5.74, 6) is 1.19. The predicted molar refractivity (Wildman–Crippen MR) is 85.9 cm³/mol. The molecule has 3 aliphatic rings. The van der Waals surface area contributed by atoms with E-state index in [0.29, 0.717) is 29.7 Å². The number of hydrogen-bond acceptors (Lipinski definition) is 3. The molecule has 0 unspecified atom stereocenters. The van der Waals surface area contributed by atoms with Gasteiger partial charge in [0.25, 0.3) is 0 Å². The fourth-order valence-electron chi connectivity index (χ4n) is 4.31. The van der Waals surface area contributed by atoms with Crippen molar-refractivity contribution in [2.45, 2.75) is 37.3 Å². The third kappa shape index (κ3) is 2.10. The van der Waals surface area contributed by atoms with Gasteiger partial charge in [-0.1, -0.05) is 11.6 Å². The van der Waals surface area contributed by atoms with Gasteiger partial charge in [-0.2, -0.15) is 5.10 Å². The van der Waals surface area contributed by atoms with Crippen molar-refractivity contribution in [1.82, 2.24) is 15.5 Å². The second-order valence-corrected chi connectivity index (χ2v) is 7.80. The number of rotatable bonds is 3. The molecule has 1 amide bonds. The van der Waals surface area contributed by atoms with Crippen LogP contribution in [-0.4, -0.2) is 27.3 Å². The number of amides is 1. The Kier molecular flexibility index (Phi) is 2.69. The normalized spacial score (nSPS) is 35.3. The van der Waals surface area contributed by atoms with Crippen molar-refractivity contribution >= 4 is 28.4 Å². The van der Waals surface area contributed by atoms with Crippen molar-refractivity contribution in [1.29, 1.82) is 0 Å². The quantitative estimate of drug-likeness (QED) is 0.807. The van der Waals surface area contributed by atoms with E-state index in [4.69, 9.17) is 11.6 Å². The molecule has 1 aromatic carbocycles. The first-order valence-corrected chi connectivity index (χ1v) is 8.59. The monoisotopic (exact) mass is 331 g/mol. The number of carbonyl (C=O) groups excluding carboxylic acids is 1. The summed E-state index contributed by atoms with van der Waals surface area (Å²) in [6, 6.07) is 3.94. The van der Waals surface area contributed by atoms with Gasteiger partial charge in [0.15, 0.2) is 0 Å². The minimum absolute atomic E-state index is 0.201. The number of H-pyrrole nitrogens is 1. The summed E-state index contributed by atoms with van der Waals surface area (Å²) in [4.78, 5) is 11.9. The largest absolute Gasteiger partial charge is 0.385 e. The fraction of sp³-hybridized carbons (Fsp3) is 0.529. The van der Waals surface area contributed by atoms with Gasteiger partial charge < -0.3 is 10.4 Å². The molecule has 0 aliphatic heterocycles. The standard InChI is InChI=1S/C17H18ClN3O2/c18-10-3-9-7-19-21-14(9)13(4-10)17(23)5-11-12(6-17)15(11)20-16(22)8-1-2-8/h3-4,7-8,11-12,15,23H,1-2,5-6H2,(H,19,21)(H,20,22)/t11-,12+,15-,17+. The van der Waals surface area contributed by atoms with E-state index in [1.54, 1.807) is 6.20 Å². The van der Waals surface area contributed by atoms with Gasteiger partial charge in [-0.15, -0.1) is 0 Å². The summed E-state index contributed by atoms with van der Waals surface area (Å²) in [6.45, 7) is 0. The molecule has 6 heteroatoms. The molecule has 0 spiro atoms. The Bertz CT molecular complexity index is 801. The lowest BCUT2D eigenvalue weighted by Crippen LogP contribution is -2.34. The first-order chi connectivity index (χ1) is 11.0. The summed E-state index contributed by atoms with van der Waals surface area (Å²) < 4.78 is 0. The maximum absolute atomic E-state index is 11.9. The van der Waals surface area contributed by atoms with Crippen LogP contribution in [0.15, 0.2) is 18.3 Å². The van der Waals surface area contributed by atoms with Crippen LogP contribution in [0.5, 0.6) is 0 Å². The highest BCUT2D eigenvalue weighted by Gasteiger charge is 2.62. The zero-order valence-electron chi connectivity index (χ0n) is 12.6. The van der Waals surface area contributed by atoms with Gasteiger partial charge in [0.05, 0.1) is 17.3 Å². The second kappa shape index (κ2) is 4.48. The van der Waals surface area contributed by atoms with E-state index in [2.05, 4.69) is 15.5 Å². The number of fused-ring (bicyclic) bond motifs is 2. The summed E-state index contributed by atoms with van der Waals surface area (Å²) >= 11 is 6.20. The van der Waals surface area contributed by atoms with Crippen LogP contribution in [-0.2, 0) is 10.4 Å². The number of aromatic nitrogens is 2. The molecule has 2 aromatic rings. The average molecular weight is 332 g/mol. The van der Waals surface area contributed by atoms with Crippen LogP contribution in [0.2, 0.25) is 5.02 Å². The van der Waals surface area contributed by atoms with Crippen LogP contribution in [0.25, 0.3) is 10.9 Å². The smallest absolute Gasteiger partial charge is 0.223 e. The average Bonchev–Trinajstić information content (AvgIpc) is 3.36. The number of nitrogens with zero attached hydrogens (tertiary/aromatic N) is 1. The Morgan fingerprint density at radius 3 is 2.78 bits per heavy atom. The van der Waals surface area contributed by atoms with Crippen molar-refractivity contribution in [3.8, 4) is 0 Å². The number of halogens is 1. The second-order valence-electron chi connectivity index (χ2n) is 7.36. The van der Waals surface area contributed by atoms with E-state index in [-0.39, 0.29) is 17.9 Å². The van der Waals surface area contributed by atoms with E-state index in [1.807, 2.05) is 12.1 Å². The Hall–Kier alpha value is -1.59. The molecule has 4 atom stereocenters. The van der Waals surface area contributed by atoms with Gasteiger partial charge in [0.1, 0.15) is 0 Å². The third-order valence-electron chi connectivity index (χ3n) is 5.75. The Balaban J connectivity index is 1.38. The molecule has 0 radical (unpaired) electrons. The number of carbonyl (C=O) groups is 1. The molecule has 5 rings (SSSR count). The number of hydrogen-bond donors (Lipinski definition) is 3. The lowest BCUT2D eigenvalue weighted by atomic mass is 9.87. The molecule has 5 nitrogen and oxygen atoms in total. The van der Waals surface area contributed by atoms with Crippen LogP contribution in [0.1, 0.15) is 31.2 Å². The molecule has 3 N–H and O–H groups in total. The Morgan fingerprint density at radius 1 is 1.35 bits per heavy atom. The number of nitrogens with one attached hydrogen (secondary N) is 2. The lowest BCUT2D eigenvalue weighted by molar-refractivity contribution is -0.122. The molecule has 3 saturated carbocycles. The molecular weight excluding hydrogens is 314 g/mol. The van der Waals surface area contributed by atoms with E-state index in [9.17, 15) is 9.90 Å². The van der Waals surface area contributed by atoms with Gasteiger partial charge in [-0.05, 0) is 49.7 Å². The summed E-state index contributed by atoms with van der Waals surface area (Å²) in [5, 5.41) is 22.9. The summed E-state index contributed by atoms with van der Waals surface area (Å²) in [7, 11) is 0. The zero-order chi connectivity index (χ0) is 15.8. The molecule has 1 heterocycles. The minimum atomic E-state index is -0.883. The molecule has 0 saturated heterocycles. The van der Waals surface area contributed by atoms with Gasteiger partial charge in [0.2, 0.25) is 5.91 Å². The molecule has 23 heavy (non-hydrogen) atoms. The molecule has 3 fully saturated rings. The van der Waals surface area contributed by atoms with Crippen LogP contribution in [0.3, 0.4) is 0 Å². The topological polar surface area (TPSA) is 78.0 Å². The molecule has 120 valence electrons. The Labute approximate surface area is 138 Å². The summed E-state index contributed by atoms with van der Waals surface area (Å²) in [5.41, 5.74) is 0.806. The maximum atomic E-state index is 11.9. The maximum Gasteiger partial charge on any atom is 0.223 e. The number of aliphatic hydroxyl groups is 1. The van der Waals surface area contributed by atoms with Crippen molar-refractivity contribution in [3.63, 3.8) is 0 Å². The molecular formula is C17H18ClN3O2. The van der Waals surface area contributed by atoms with Crippen molar-refractivity contribution in [2.75, 3.05) is 0 Å². The first kappa shape index (κ1) is 13.8. The molecule has 1 aromatic heterocycles. The predicted octanol–water partition coefficient (Wildman–Crippen LogP) is 2.34. The van der Waals surface area contributed by atoms with E-state index >= 15 is 0 Å². The number of aromatic amines is 1. The highest BCUT2D eigenvalue weighted by Crippen LogP contribution is 2.60. The SMILES string of the molecule is O=C(N[C@@H]1[C@@H]2C[C@@](O)(c3cc(Cl)cc4cn[nH]c34)C[C@@H]21)C1CC1. The molecule has 3 aliphatic carbocycles. The van der Waals surface area contributed by atoms with Crippen LogP contribution < -0.4 is 5.32 Å². The van der Waals surface area contributed by atoms with Crippen LogP contribution >= 0.6 is 11.6 Å². The number of benzene rings is 1. The van der Waals surface area contributed by atoms with Crippen LogP contribution in [0.4, 0.5) is 0 Å². The Morgan fingerprint density at radius 2 is 2.09 bits per heavy atom. The zero-order valence-corrected chi connectivity index (χ0v) is 13.3. The van der Waals surface area contributed by atoms with Crippen LogP contribution in [0, 0.1) is 17.8 Å². The highest BCUT2D eigenvalue weighted by molar-refractivity contribution is 6.31. The van der Waals surface area contributed by atoms with Gasteiger partial charge in [-0.3, -0.25) is 9.89 Å². The van der Waals surface area contributed by atoms with Gasteiger partial charge >= 0.3 is 0 Å². The van der Waals surface area contributed by atoms with Crippen molar-refractivity contribution < 1.29 is 9.90 Å². The minimum Gasteiger partial charge on any atom is -0.385 e. The van der Waals surface area contributed by atoms with Crippen molar-refractivity contribution in [2.24, 2.45) is 17.8 Å². The fourth-order valence-corrected chi connectivity index (χ4v) is 4.54. The molecule has 0 bridgehead atoms.